The van der Waals surface area contributed by atoms with Crippen molar-refractivity contribution in [3.63, 3.8) is 0 Å². The summed E-state index contributed by atoms with van der Waals surface area (Å²) >= 11 is 0. The fraction of sp³-hybridized carbons (Fsp3) is 0.312. The van der Waals surface area contributed by atoms with Crippen LogP contribution in [0.1, 0.15) is 34.0 Å². The molecule has 0 atom stereocenters. The standard InChI is InChI=1S/C16H19NO2/c1-4-19-16(18)15-6-5-14(9-13(15)3)11-17-8-7-12(2)10-17/h5-10H,4,11H2,1-3H3. The molecule has 2 rings (SSSR count). The average molecular weight is 257 g/mol. The highest BCUT2D eigenvalue weighted by atomic mass is 16.5. The van der Waals surface area contributed by atoms with E-state index in [4.69, 9.17) is 4.74 Å². The number of carbonyl (C=O) groups excluding carboxylic acids is 1. The number of esters is 1. The SMILES string of the molecule is CCOC(=O)c1ccc(Cn2ccc(C)c2)cc1C. The van der Waals surface area contributed by atoms with Crippen LogP contribution in [0.15, 0.2) is 36.7 Å². The number of ether oxygens (including phenoxy) is 1. The maximum absolute atomic E-state index is 11.7. The second kappa shape index (κ2) is 5.74. The first-order chi connectivity index (χ1) is 9.10. The number of benzene rings is 1. The molecule has 0 saturated heterocycles. The average Bonchev–Trinajstić information content (AvgIpc) is 2.75. The van der Waals surface area contributed by atoms with Gasteiger partial charge < -0.3 is 9.30 Å². The van der Waals surface area contributed by atoms with Crippen molar-refractivity contribution in [1.82, 2.24) is 4.57 Å². The van der Waals surface area contributed by atoms with E-state index >= 15 is 0 Å². The lowest BCUT2D eigenvalue weighted by Crippen LogP contribution is -2.07. The molecule has 3 nitrogen and oxygen atoms in total. The summed E-state index contributed by atoms with van der Waals surface area (Å²) in [6, 6.07) is 7.95. The summed E-state index contributed by atoms with van der Waals surface area (Å²) < 4.78 is 7.16. The summed E-state index contributed by atoms with van der Waals surface area (Å²) in [7, 11) is 0. The number of hydrogen-bond donors (Lipinski definition) is 0. The number of hydrogen-bond acceptors (Lipinski definition) is 2. The van der Waals surface area contributed by atoms with Crippen LogP contribution in [0.2, 0.25) is 0 Å². The fourth-order valence-electron chi connectivity index (χ4n) is 2.13. The summed E-state index contributed by atoms with van der Waals surface area (Å²) in [5.74, 6) is -0.247. The van der Waals surface area contributed by atoms with Gasteiger partial charge in [0.25, 0.3) is 0 Å². The molecule has 0 aliphatic carbocycles. The lowest BCUT2D eigenvalue weighted by molar-refractivity contribution is 0.0525. The van der Waals surface area contributed by atoms with Gasteiger partial charge in [-0.1, -0.05) is 12.1 Å². The van der Waals surface area contributed by atoms with Crippen molar-refractivity contribution >= 4 is 5.97 Å². The topological polar surface area (TPSA) is 31.2 Å². The molecule has 0 N–H and O–H groups in total. The normalized spacial score (nSPS) is 10.5. The quantitative estimate of drug-likeness (QED) is 0.787. The number of aryl methyl sites for hydroxylation is 2. The Bertz CT molecular complexity index is 584. The predicted octanol–water partition coefficient (Wildman–Crippen LogP) is 3.33. The Morgan fingerprint density at radius 2 is 2.05 bits per heavy atom. The zero-order valence-electron chi connectivity index (χ0n) is 11.6. The minimum atomic E-state index is -0.247. The lowest BCUT2D eigenvalue weighted by atomic mass is 10.1. The summed E-state index contributed by atoms with van der Waals surface area (Å²) in [6.07, 6.45) is 4.17. The molecule has 0 unspecified atom stereocenters. The largest absolute Gasteiger partial charge is 0.462 e. The minimum Gasteiger partial charge on any atom is -0.462 e. The summed E-state index contributed by atoms with van der Waals surface area (Å²) in [5, 5.41) is 0. The smallest absolute Gasteiger partial charge is 0.338 e. The molecule has 0 radical (unpaired) electrons. The van der Waals surface area contributed by atoms with Gasteiger partial charge in [-0.05, 0) is 49.6 Å². The van der Waals surface area contributed by atoms with Gasteiger partial charge in [-0.25, -0.2) is 4.79 Å². The Balaban J connectivity index is 2.16. The van der Waals surface area contributed by atoms with Gasteiger partial charge >= 0.3 is 5.97 Å². The van der Waals surface area contributed by atoms with Crippen LogP contribution >= 0.6 is 0 Å². The van der Waals surface area contributed by atoms with Crippen LogP contribution in [0, 0.1) is 13.8 Å². The number of rotatable bonds is 4. The van der Waals surface area contributed by atoms with E-state index in [9.17, 15) is 4.79 Å². The Hall–Kier alpha value is -2.03. The Labute approximate surface area is 113 Å². The highest BCUT2D eigenvalue weighted by Crippen LogP contribution is 2.14. The van der Waals surface area contributed by atoms with E-state index in [1.807, 2.05) is 32.0 Å². The van der Waals surface area contributed by atoms with Crippen LogP contribution < -0.4 is 0 Å². The number of nitrogens with zero attached hydrogens (tertiary/aromatic N) is 1. The van der Waals surface area contributed by atoms with Gasteiger partial charge in [0.2, 0.25) is 0 Å². The zero-order chi connectivity index (χ0) is 13.8. The first kappa shape index (κ1) is 13.4. The highest BCUT2D eigenvalue weighted by molar-refractivity contribution is 5.91. The molecule has 100 valence electrons. The van der Waals surface area contributed by atoms with Crippen molar-refractivity contribution in [1.29, 1.82) is 0 Å². The van der Waals surface area contributed by atoms with E-state index in [-0.39, 0.29) is 5.97 Å². The van der Waals surface area contributed by atoms with Gasteiger partial charge in [-0.3, -0.25) is 0 Å². The minimum absolute atomic E-state index is 0.247. The van der Waals surface area contributed by atoms with Gasteiger partial charge in [-0.15, -0.1) is 0 Å². The molecular weight excluding hydrogens is 238 g/mol. The molecule has 0 saturated carbocycles. The Kier molecular flexibility index (Phi) is 4.05. The highest BCUT2D eigenvalue weighted by Gasteiger charge is 2.10. The first-order valence-corrected chi connectivity index (χ1v) is 6.49. The van der Waals surface area contributed by atoms with Crippen LogP contribution in [-0.2, 0) is 11.3 Å². The molecule has 19 heavy (non-hydrogen) atoms. The van der Waals surface area contributed by atoms with Crippen LogP contribution in [-0.4, -0.2) is 17.1 Å². The van der Waals surface area contributed by atoms with Crippen molar-refractivity contribution in [3.8, 4) is 0 Å². The van der Waals surface area contributed by atoms with E-state index in [1.54, 1.807) is 0 Å². The second-order valence-corrected chi connectivity index (χ2v) is 4.73. The van der Waals surface area contributed by atoms with Crippen molar-refractivity contribution < 1.29 is 9.53 Å². The summed E-state index contributed by atoms with van der Waals surface area (Å²) in [5.41, 5.74) is 4.04. The molecule has 3 heteroatoms. The second-order valence-electron chi connectivity index (χ2n) is 4.73. The molecule has 1 aromatic heterocycles. The monoisotopic (exact) mass is 257 g/mol. The maximum atomic E-state index is 11.7. The molecule has 0 amide bonds. The summed E-state index contributed by atoms with van der Waals surface area (Å²) in [4.78, 5) is 11.7. The molecule has 0 bridgehead atoms. The van der Waals surface area contributed by atoms with E-state index in [2.05, 4.69) is 30.0 Å². The third-order valence-corrected chi connectivity index (χ3v) is 3.05. The lowest BCUT2D eigenvalue weighted by Gasteiger charge is -2.08. The third kappa shape index (κ3) is 3.25. The van der Waals surface area contributed by atoms with Gasteiger partial charge in [-0.2, -0.15) is 0 Å². The van der Waals surface area contributed by atoms with E-state index in [0.717, 1.165) is 12.1 Å². The van der Waals surface area contributed by atoms with Crippen molar-refractivity contribution in [2.45, 2.75) is 27.3 Å². The zero-order valence-corrected chi connectivity index (χ0v) is 11.6. The van der Waals surface area contributed by atoms with Crippen LogP contribution in [0.5, 0.6) is 0 Å². The maximum Gasteiger partial charge on any atom is 0.338 e. The fourth-order valence-corrected chi connectivity index (χ4v) is 2.13. The molecular formula is C16H19NO2. The van der Waals surface area contributed by atoms with Gasteiger partial charge in [0.15, 0.2) is 0 Å². The van der Waals surface area contributed by atoms with Crippen LogP contribution in [0.4, 0.5) is 0 Å². The summed E-state index contributed by atoms with van der Waals surface area (Å²) in [6.45, 7) is 7.05. The van der Waals surface area contributed by atoms with E-state index in [1.165, 1.54) is 11.1 Å². The van der Waals surface area contributed by atoms with Crippen molar-refractivity contribution in [3.05, 3.63) is 58.9 Å². The Morgan fingerprint density at radius 1 is 1.26 bits per heavy atom. The molecule has 1 heterocycles. The van der Waals surface area contributed by atoms with Gasteiger partial charge in [0.05, 0.1) is 12.2 Å². The molecule has 0 fully saturated rings. The van der Waals surface area contributed by atoms with Crippen LogP contribution in [0.25, 0.3) is 0 Å². The van der Waals surface area contributed by atoms with Gasteiger partial charge in [0.1, 0.15) is 0 Å². The van der Waals surface area contributed by atoms with Crippen LogP contribution in [0.3, 0.4) is 0 Å². The number of aromatic nitrogens is 1. The predicted molar refractivity (Wildman–Crippen MR) is 75.4 cm³/mol. The molecule has 1 aromatic carbocycles. The van der Waals surface area contributed by atoms with E-state index < -0.39 is 0 Å². The number of carbonyl (C=O) groups is 1. The van der Waals surface area contributed by atoms with Crippen molar-refractivity contribution in [2.24, 2.45) is 0 Å². The first-order valence-electron chi connectivity index (χ1n) is 6.49. The molecule has 0 aliphatic heterocycles. The van der Waals surface area contributed by atoms with Gasteiger partial charge in [0, 0.05) is 18.9 Å². The molecule has 0 spiro atoms. The Morgan fingerprint density at radius 3 is 2.63 bits per heavy atom. The van der Waals surface area contributed by atoms with Crippen molar-refractivity contribution in [2.75, 3.05) is 6.61 Å². The molecule has 0 aliphatic rings. The third-order valence-electron chi connectivity index (χ3n) is 3.05. The molecule has 2 aromatic rings. The van der Waals surface area contributed by atoms with E-state index in [0.29, 0.717) is 12.2 Å².